The van der Waals surface area contributed by atoms with E-state index in [-0.39, 0.29) is 0 Å². The Morgan fingerprint density at radius 3 is 2.90 bits per heavy atom. The summed E-state index contributed by atoms with van der Waals surface area (Å²) >= 11 is 3.41. The van der Waals surface area contributed by atoms with E-state index >= 15 is 0 Å². The number of anilines is 2. The normalized spacial score (nSPS) is 10.3. The number of nitriles is 1. The Labute approximate surface area is 129 Å². The van der Waals surface area contributed by atoms with Crippen molar-refractivity contribution in [1.82, 2.24) is 15.0 Å². The average molecular weight is 340 g/mol. The molecular formula is C15H10BrN5. The maximum absolute atomic E-state index is 8.97. The van der Waals surface area contributed by atoms with Crippen molar-refractivity contribution in [3.05, 3.63) is 52.4 Å². The number of fused-ring (bicyclic) bond motifs is 1. The van der Waals surface area contributed by atoms with Gasteiger partial charge in [-0.2, -0.15) is 5.26 Å². The van der Waals surface area contributed by atoms with Gasteiger partial charge in [-0.3, -0.25) is 4.98 Å². The number of pyridine rings is 1. The molecule has 1 N–H and O–H groups in total. The van der Waals surface area contributed by atoms with Crippen LogP contribution >= 0.6 is 15.9 Å². The zero-order chi connectivity index (χ0) is 14.8. The van der Waals surface area contributed by atoms with Gasteiger partial charge in [0.05, 0.1) is 11.2 Å². The van der Waals surface area contributed by atoms with E-state index in [9.17, 15) is 0 Å². The molecule has 2 heterocycles. The third-order valence-corrected chi connectivity index (χ3v) is 3.33. The van der Waals surface area contributed by atoms with E-state index in [0.29, 0.717) is 11.6 Å². The Balaban J connectivity index is 2.06. The monoisotopic (exact) mass is 339 g/mol. The van der Waals surface area contributed by atoms with Crippen LogP contribution in [0.25, 0.3) is 10.9 Å². The molecule has 0 aliphatic rings. The third kappa shape index (κ3) is 2.83. The van der Waals surface area contributed by atoms with Gasteiger partial charge in [0, 0.05) is 21.7 Å². The lowest BCUT2D eigenvalue weighted by molar-refractivity contribution is 1.09. The number of para-hydroxylation sites is 1. The van der Waals surface area contributed by atoms with E-state index in [1.54, 1.807) is 12.3 Å². The predicted octanol–water partition coefficient (Wildman–Crippen LogP) is 3.71. The van der Waals surface area contributed by atoms with Crippen molar-refractivity contribution >= 4 is 38.5 Å². The molecule has 102 valence electrons. The highest BCUT2D eigenvalue weighted by molar-refractivity contribution is 9.10. The van der Waals surface area contributed by atoms with Crippen molar-refractivity contribution in [2.24, 2.45) is 0 Å². The Morgan fingerprint density at radius 2 is 2.10 bits per heavy atom. The topological polar surface area (TPSA) is 74.5 Å². The van der Waals surface area contributed by atoms with Gasteiger partial charge in [-0.05, 0) is 41.1 Å². The molecule has 3 rings (SSSR count). The fraction of sp³-hybridized carbons (Fsp3) is 0.0667. The highest BCUT2D eigenvalue weighted by atomic mass is 79.9. The number of halogens is 1. The fourth-order valence-electron chi connectivity index (χ4n) is 2.04. The second kappa shape index (κ2) is 5.46. The maximum Gasteiger partial charge on any atom is 0.228 e. The summed E-state index contributed by atoms with van der Waals surface area (Å²) in [7, 11) is 0. The van der Waals surface area contributed by atoms with Crippen LogP contribution in [0.4, 0.5) is 11.6 Å². The van der Waals surface area contributed by atoms with Crippen LogP contribution in [0, 0.1) is 18.3 Å². The van der Waals surface area contributed by atoms with E-state index in [1.807, 2.05) is 37.3 Å². The zero-order valence-corrected chi connectivity index (χ0v) is 12.7. The molecule has 6 heteroatoms. The smallest absolute Gasteiger partial charge is 0.228 e. The molecule has 0 aliphatic carbocycles. The lowest BCUT2D eigenvalue weighted by Crippen LogP contribution is -2.01. The lowest BCUT2D eigenvalue weighted by atomic mass is 10.2. The van der Waals surface area contributed by atoms with E-state index in [2.05, 4.69) is 36.2 Å². The highest BCUT2D eigenvalue weighted by Gasteiger charge is 2.06. The number of rotatable bonds is 2. The van der Waals surface area contributed by atoms with Gasteiger partial charge in [-0.15, -0.1) is 0 Å². The molecule has 0 fully saturated rings. The minimum atomic E-state index is 0.334. The van der Waals surface area contributed by atoms with Gasteiger partial charge in [0.1, 0.15) is 11.8 Å². The summed E-state index contributed by atoms with van der Waals surface area (Å²) in [6.07, 6.45) is 1.74. The van der Waals surface area contributed by atoms with Crippen LogP contribution in [0.3, 0.4) is 0 Å². The molecule has 21 heavy (non-hydrogen) atoms. The van der Waals surface area contributed by atoms with Crippen molar-refractivity contribution in [2.45, 2.75) is 6.92 Å². The average Bonchev–Trinajstić information content (AvgIpc) is 2.46. The summed E-state index contributed by atoms with van der Waals surface area (Å²) < 4.78 is 0.922. The summed E-state index contributed by atoms with van der Waals surface area (Å²) in [5.41, 5.74) is 2.69. The summed E-state index contributed by atoms with van der Waals surface area (Å²) in [6, 6.07) is 11.5. The first-order chi connectivity index (χ1) is 10.2. The minimum Gasteiger partial charge on any atom is -0.322 e. The predicted molar refractivity (Wildman–Crippen MR) is 84.2 cm³/mol. The second-order valence-corrected chi connectivity index (χ2v) is 5.40. The Kier molecular flexibility index (Phi) is 3.50. The molecule has 2 aromatic heterocycles. The molecule has 3 aromatic rings. The van der Waals surface area contributed by atoms with Crippen molar-refractivity contribution in [2.75, 3.05) is 5.32 Å². The van der Waals surface area contributed by atoms with Crippen LogP contribution in [-0.2, 0) is 0 Å². The number of nitrogens with zero attached hydrogens (tertiary/aromatic N) is 4. The van der Waals surface area contributed by atoms with E-state index < -0.39 is 0 Å². The van der Waals surface area contributed by atoms with Gasteiger partial charge >= 0.3 is 0 Å². The summed E-state index contributed by atoms with van der Waals surface area (Å²) in [6.45, 7) is 1.83. The molecule has 0 bridgehead atoms. The van der Waals surface area contributed by atoms with Crippen molar-refractivity contribution < 1.29 is 0 Å². The van der Waals surface area contributed by atoms with Crippen LogP contribution < -0.4 is 5.32 Å². The SMILES string of the molecule is Cc1cc(C#N)nc(Nc2cccc3cc(Br)cnc23)n1. The second-order valence-electron chi connectivity index (χ2n) is 4.49. The molecule has 1 aromatic carbocycles. The Bertz CT molecular complexity index is 870. The number of nitrogens with one attached hydrogen (secondary N) is 1. The Hall–Kier alpha value is -2.52. The number of hydrogen-bond acceptors (Lipinski definition) is 5. The van der Waals surface area contributed by atoms with Crippen LogP contribution in [0.1, 0.15) is 11.4 Å². The molecule has 0 saturated carbocycles. The largest absolute Gasteiger partial charge is 0.322 e. The number of aryl methyl sites for hydroxylation is 1. The zero-order valence-electron chi connectivity index (χ0n) is 11.1. The van der Waals surface area contributed by atoms with Gasteiger partial charge in [-0.25, -0.2) is 9.97 Å². The van der Waals surface area contributed by atoms with Crippen LogP contribution in [0.2, 0.25) is 0 Å². The third-order valence-electron chi connectivity index (χ3n) is 2.89. The highest BCUT2D eigenvalue weighted by Crippen LogP contribution is 2.25. The van der Waals surface area contributed by atoms with E-state index in [4.69, 9.17) is 5.26 Å². The fourth-order valence-corrected chi connectivity index (χ4v) is 2.39. The first kappa shape index (κ1) is 13.5. The molecule has 0 aliphatic heterocycles. The maximum atomic E-state index is 8.97. The van der Waals surface area contributed by atoms with Gasteiger partial charge in [0.15, 0.2) is 0 Å². The first-order valence-corrected chi connectivity index (χ1v) is 7.02. The van der Waals surface area contributed by atoms with Gasteiger partial charge < -0.3 is 5.32 Å². The molecule has 0 atom stereocenters. The summed E-state index contributed by atoms with van der Waals surface area (Å²) in [4.78, 5) is 12.9. The van der Waals surface area contributed by atoms with Crippen LogP contribution in [0.15, 0.2) is 41.0 Å². The Morgan fingerprint density at radius 1 is 1.24 bits per heavy atom. The minimum absolute atomic E-state index is 0.334. The van der Waals surface area contributed by atoms with Crippen LogP contribution in [0.5, 0.6) is 0 Å². The standard InChI is InChI=1S/C15H10BrN5/c1-9-5-12(7-17)20-15(19-9)21-13-4-2-3-10-6-11(16)8-18-14(10)13/h2-6,8H,1H3,(H,19,20,21). The quantitative estimate of drug-likeness (QED) is 0.770. The molecule has 0 amide bonds. The summed E-state index contributed by atoms with van der Waals surface area (Å²) in [5, 5.41) is 13.1. The molecule has 0 saturated heterocycles. The van der Waals surface area contributed by atoms with Gasteiger partial charge in [-0.1, -0.05) is 12.1 Å². The van der Waals surface area contributed by atoms with Crippen molar-refractivity contribution in [3.8, 4) is 6.07 Å². The summed E-state index contributed by atoms with van der Waals surface area (Å²) in [5.74, 6) is 0.392. The van der Waals surface area contributed by atoms with E-state index in [1.165, 1.54) is 0 Å². The van der Waals surface area contributed by atoms with Crippen LogP contribution in [-0.4, -0.2) is 15.0 Å². The van der Waals surface area contributed by atoms with Gasteiger partial charge in [0.25, 0.3) is 0 Å². The number of hydrogen-bond donors (Lipinski definition) is 1. The molecule has 0 radical (unpaired) electrons. The number of aromatic nitrogens is 3. The number of benzene rings is 1. The first-order valence-electron chi connectivity index (χ1n) is 6.23. The molecule has 5 nitrogen and oxygen atoms in total. The lowest BCUT2D eigenvalue weighted by Gasteiger charge is -2.08. The van der Waals surface area contributed by atoms with Gasteiger partial charge in [0.2, 0.25) is 5.95 Å². The molecular weight excluding hydrogens is 330 g/mol. The molecule has 0 unspecified atom stereocenters. The van der Waals surface area contributed by atoms with E-state index in [0.717, 1.165) is 26.8 Å². The van der Waals surface area contributed by atoms with Crippen molar-refractivity contribution in [1.29, 1.82) is 5.26 Å². The molecule has 0 spiro atoms. The van der Waals surface area contributed by atoms with Crippen molar-refractivity contribution in [3.63, 3.8) is 0 Å².